The lowest BCUT2D eigenvalue weighted by Crippen LogP contribution is -2.28. The fourth-order valence-corrected chi connectivity index (χ4v) is 2.16. The fraction of sp³-hybridized carbons (Fsp3) is 0.200. The second-order valence-corrected chi connectivity index (χ2v) is 5.46. The molecule has 1 N–H and O–H groups in total. The van der Waals surface area contributed by atoms with Crippen molar-refractivity contribution in [3.8, 4) is 11.5 Å². The number of hydrogen-bond acceptors (Lipinski definition) is 5. The van der Waals surface area contributed by atoms with E-state index in [1.54, 1.807) is 36.4 Å². The van der Waals surface area contributed by atoms with Crippen LogP contribution in [-0.2, 0) is 20.9 Å². The monoisotopic (exact) mass is 373 g/mol. The van der Waals surface area contributed by atoms with Gasteiger partial charge >= 0.3 is 5.97 Å². The highest BCUT2D eigenvalue weighted by atomic mass is 19.1. The van der Waals surface area contributed by atoms with Gasteiger partial charge in [-0.05, 0) is 29.8 Å². The lowest BCUT2D eigenvalue weighted by molar-refractivity contribution is -0.143. The van der Waals surface area contributed by atoms with Gasteiger partial charge in [-0.3, -0.25) is 4.79 Å². The number of carbonyl (C=O) groups is 2. The van der Waals surface area contributed by atoms with Gasteiger partial charge in [0.25, 0.3) is 5.91 Å². The van der Waals surface area contributed by atoms with Crippen LogP contribution in [0.5, 0.6) is 11.5 Å². The van der Waals surface area contributed by atoms with Gasteiger partial charge in [0.15, 0.2) is 6.61 Å². The fourth-order valence-electron chi connectivity index (χ4n) is 2.16. The molecule has 0 atom stereocenters. The van der Waals surface area contributed by atoms with Crippen molar-refractivity contribution in [2.24, 2.45) is 0 Å². The first kappa shape index (κ1) is 20.0. The van der Waals surface area contributed by atoms with Gasteiger partial charge < -0.3 is 19.5 Å². The number of carbonyl (C=O) groups excluding carboxylic acids is 2. The van der Waals surface area contributed by atoms with Crippen LogP contribution in [0.3, 0.4) is 0 Å². The number of rotatable bonds is 8. The van der Waals surface area contributed by atoms with Gasteiger partial charge in [0.2, 0.25) is 0 Å². The Morgan fingerprint density at radius 2 is 1.74 bits per heavy atom. The standard InChI is InChI=1S/C20H20FNO5/c1-25-16-9-14(10-17(11-16)26-2)7-8-20(24)27-13-19(23)22-12-15-5-3-4-6-18(15)21/h3-11H,12-13H2,1-2H3,(H,22,23)/b8-7+. The molecule has 0 radical (unpaired) electrons. The minimum Gasteiger partial charge on any atom is -0.497 e. The molecule has 0 fully saturated rings. The van der Waals surface area contributed by atoms with Crippen LogP contribution in [0.1, 0.15) is 11.1 Å². The van der Waals surface area contributed by atoms with Crippen molar-refractivity contribution < 1.29 is 28.2 Å². The second-order valence-electron chi connectivity index (χ2n) is 5.46. The number of benzene rings is 2. The molecule has 0 saturated heterocycles. The number of ether oxygens (including phenoxy) is 3. The van der Waals surface area contributed by atoms with Gasteiger partial charge in [-0.25, -0.2) is 9.18 Å². The van der Waals surface area contributed by atoms with E-state index in [-0.39, 0.29) is 6.54 Å². The Bertz CT molecular complexity index is 813. The Balaban J connectivity index is 1.82. The maximum absolute atomic E-state index is 13.5. The smallest absolute Gasteiger partial charge is 0.331 e. The molecule has 2 aromatic rings. The minimum atomic E-state index is -0.683. The normalized spacial score (nSPS) is 10.5. The van der Waals surface area contributed by atoms with Crippen LogP contribution in [0.2, 0.25) is 0 Å². The highest BCUT2D eigenvalue weighted by Crippen LogP contribution is 2.23. The van der Waals surface area contributed by atoms with E-state index >= 15 is 0 Å². The van der Waals surface area contributed by atoms with Crippen LogP contribution in [0, 0.1) is 5.82 Å². The van der Waals surface area contributed by atoms with Crippen LogP contribution in [0.4, 0.5) is 4.39 Å². The molecule has 0 saturated carbocycles. The van der Waals surface area contributed by atoms with Crippen molar-refractivity contribution in [1.82, 2.24) is 5.32 Å². The van der Waals surface area contributed by atoms with Crippen LogP contribution >= 0.6 is 0 Å². The number of nitrogens with one attached hydrogen (secondary N) is 1. The summed E-state index contributed by atoms with van der Waals surface area (Å²) in [7, 11) is 3.05. The maximum atomic E-state index is 13.5. The molecule has 0 heterocycles. The summed E-state index contributed by atoms with van der Waals surface area (Å²) in [5, 5.41) is 2.49. The van der Waals surface area contributed by atoms with Crippen molar-refractivity contribution in [2.45, 2.75) is 6.54 Å². The molecule has 142 valence electrons. The number of hydrogen-bond donors (Lipinski definition) is 1. The number of esters is 1. The zero-order chi connectivity index (χ0) is 19.6. The Labute approximate surface area is 156 Å². The summed E-state index contributed by atoms with van der Waals surface area (Å²) in [6.07, 6.45) is 2.71. The quantitative estimate of drug-likeness (QED) is 0.569. The summed E-state index contributed by atoms with van der Waals surface area (Å²) in [6.45, 7) is -0.443. The minimum absolute atomic E-state index is 0.0164. The summed E-state index contributed by atoms with van der Waals surface area (Å²) >= 11 is 0. The zero-order valence-corrected chi connectivity index (χ0v) is 15.0. The van der Waals surface area contributed by atoms with E-state index in [1.165, 1.54) is 32.4 Å². The van der Waals surface area contributed by atoms with Gasteiger partial charge in [0.1, 0.15) is 17.3 Å². The highest BCUT2D eigenvalue weighted by Gasteiger charge is 2.07. The van der Waals surface area contributed by atoms with Gasteiger partial charge in [-0.15, -0.1) is 0 Å². The molecule has 0 bridgehead atoms. The topological polar surface area (TPSA) is 73.9 Å². The van der Waals surface area contributed by atoms with Crippen LogP contribution < -0.4 is 14.8 Å². The van der Waals surface area contributed by atoms with E-state index in [0.717, 1.165) is 0 Å². The molecule has 0 spiro atoms. The summed E-state index contributed by atoms with van der Waals surface area (Å²) in [4.78, 5) is 23.5. The average Bonchev–Trinajstić information content (AvgIpc) is 2.69. The van der Waals surface area contributed by atoms with E-state index < -0.39 is 24.3 Å². The summed E-state index contributed by atoms with van der Waals surface area (Å²) in [6, 6.07) is 11.2. The molecule has 1 amide bonds. The molecule has 27 heavy (non-hydrogen) atoms. The molecule has 0 aliphatic rings. The molecule has 0 aromatic heterocycles. The van der Waals surface area contributed by atoms with Gasteiger partial charge in [-0.1, -0.05) is 18.2 Å². The van der Waals surface area contributed by atoms with Crippen molar-refractivity contribution in [3.63, 3.8) is 0 Å². The Morgan fingerprint density at radius 3 is 2.37 bits per heavy atom. The van der Waals surface area contributed by atoms with E-state index in [4.69, 9.17) is 14.2 Å². The van der Waals surface area contributed by atoms with Crippen LogP contribution in [0.25, 0.3) is 6.08 Å². The van der Waals surface area contributed by atoms with Crippen molar-refractivity contribution >= 4 is 18.0 Å². The van der Waals surface area contributed by atoms with E-state index in [2.05, 4.69) is 5.32 Å². The molecular weight excluding hydrogens is 353 g/mol. The van der Waals surface area contributed by atoms with Crippen LogP contribution in [-0.4, -0.2) is 32.7 Å². The van der Waals surface area contributed by atoms with Gasteiger partial charge in [0, 0.05) is 24.3 Å². The van der Waals surface area contributed by atoms with E-state index in [0.29, 0.717) is 22.6 Å². The molecule has 2 aromatic carbocycles. The lowest BCUT2D eigenvalue weighted by Gasteiger charge is -2.07. The Hall–Kier alpha value is -3.35. The van der Waals surface area contributed by atoms with Crippen molar-refractivity contribution in [3.05, 3.63) is 65.5 Å². The molecule has 0 aliphatic carbocycles. The summed E-state index contributed by atoms with van der Waals surface area (Å²) in [5.41, 5.74) is 1.02. The third-order valence-electron chi connectivity index (χ3n) is 3.57. The van der Waals surface area contributed by atoms with Gasteiger partial charge in [0.05, 0.1) is 14.2 Å². The summed E-state index contributed by atoms with van der Waals surface area (Å²) < 4.78 is 28.6. The molecule has 7 heteroatoms. The maximum Gasteiger partial charge on any atom is 0.331 e. The Kier molecular flexibility index (Phi) is 7.37. The molecule has 0 aliphatic heterocycles. The Morgan fingerprint density at radius 1 is 1.07 bits per heavy atom. The average molecular weight is 373 g/mol. The predicted molar refractivity (Wildman–Crippen MR) is 97.8 cm³/mol. The molecule has 0 unspecified atom stereocenters. The first-order valence-electron chi connectivity index (χ1n) is 8.10. The van der Waals surface area contributed by atoms with Crippen molar-refractivity contribution in [2.75, 3.05) is 20.8 Å². The third-order valence-corrected chi connectivity index (χ3v) is 3.57. The molecule has 2 rings (SSSR count). The number of halogens is 1. The predicted octanol–water partition coefficient (Wildman–Crippen LogP) is 2.72. The summed E-state index contributed by atoms with van der Waals surface area (Å²) in [5.74, 6) is -0.461. The third kappa shape index (κ3) is 6.47. The van der Waals surface area contributed by atoms with Gasteiger partial charge in [-0.2, -0.15) is 0 Å². The number of amides is 1. The van der Waals surface area contributed by atoms with Crippen LogP contribution in [0.15, 0.2) is 48.5 Å². The number of methoxy groups -OCH3 is 2. The van der Waals surface area contributed by atoms with E-state index in [9.17, 15) is 14.0 Å². The lowest BCUT2D eigenvalue weighted by atomic mass is 10.2. The second kappa shape index (κ2) is 9.96. The first-order valence-corrected chi connectivity index (χ1v) is 8.10. The first-order chi connectivity index (χ1) is 13.0. The molecule has 6 nitrogen and oxygen atoms in total. The largest absolute Gasteiger partial charge is 0.497 e. The van der Waals surface area contributed by atoms with Crippen molar-refractivity contribution in [1.29, 1.82) is 0 Å². The SMILES string of the molecule is COc1cc(/C=C/C(=O)OCC(=O)NCc2ccccc2F)cc(OC)c1. The molecular formula is C20H20FNO5. The van der Waals surface area contributed by atoms with E-state index in [1.807, 2.05) is 0 Å². The highest BCUT2D eigenvalue weighted by molar-refractivity contribution is 5.89. The zero-order valence-electron chi connectivity index (χ0n) is 15.0.